The normalized spacial score (nSPS) is 11.8. The summed E-state index contributed by atoms with van der Waals surface area (Å²) in [7, 11) is 0. The molecule has 0 saturated heterocycles. The molecular weight excluding hydrogens is 1220 g/mol. The second-order valence-electron chi connectivity index (χ2n) is 25.1. The quantitative estimate of drug-likeness (QED) is 0.127. The fourth-order valence-electron chi connectivity index (χ4n) is 15.2. The summed E-state index contributed by atoms with van der Waals surface area (Å²) in [6, 6.07) is 117. The minimum absolute atomic E-state index is 0.399. The van der Waals surface area contributed by atoms with Gasteiger partial charge in [-0.3, -0.25) is 9.13 Å². The summed E-state index contributed by atoms with van der Waals surface area (Å²) in [5, 5.41) is 8.70. The molecule has 7 heterocycles. The molecule has 0 aliphatic heterocycles. The van der Waals surface area contributed by atoms with Crippen LogP contribution in [-0.4, -0.2) is 53.2 Å². The van der Waals surface area contributed by atoms with Crippen molar-refractivity contribution in [3.63, 3.8) is 0 Å². The Morgan fingerprint density at radius 2 is 0.390 bits per heavy atom. The van der Waals surface area contributed by atoms with Gasteiger partial charge in [-0.15, -0.1) is 0 Å². The van der Waals surface area contributed by atoms with Crippen LogP contribution in [0.2, 0.25) is 0 Å². The molecule has 0 unspecified atom stereocenters. The van der Waals surface area contributed by atoms with Crippen molar-refractivity contribution in [2.75, 3.05) is 0 Å². The molecule has 11 heteroatoms. The zero-order valence-electron chi connectivity index (χ0n) is 53.7. The minimum Gasteiger partial charge on any atom is -0.305 e. The van der Waals surface area contributed by atoms with Gasteiger partial charge in [0.15, 0.2) is 46.6 Å². The molecule has 11 nitrogen and oxygen atoms in total. The van der Waals surface area contributed by atoms with E-state index in [0.29, 0.717) is 57.7 Å². The predicted molar refractivity (Wildman–Crippen MR) is 406 cm³/mol. The lowest BCUT2D eigenvalue weighted by Gasteiger charge is -2.28. The molecule has 7 aromatic heterocycles. The summed E-state index contributed by atoms with van der Waals surface area (Å²) >= 11 is 0. The zero-order valence-corrected chi connectivity index (χ0v) is 53.7. The Morgan fingerprint density at radius 3 is 0.680 bits per heavy atom. The SMILES string of the molecule is c1ccc(-c2nc(-c3ccccc3)nc(-c3cccc(-c4c(-n5c6ccccc6c6ccccc65)c(-n5c6ccccc6c6ccccc65)nc(-n5c6ccccc6c6ccccc65)c4-n4c5ccccc5c5ccccc54)c3-c3nc(-c4ccccc4)nc(-c4ccccc4)n3)n2)cc1. The third-order valence-electron chi connectivity index (χ3n) is 19.5. The molecule has 0 saturated carbocycles. The number of hydrogen-bond donors (Lipinski definition) is 0. The highest BCUT2D eigenvalue weighted by atomic mass is 15.2. The largest absolute Gasteiger partial charge is 0.305 e. The number of benzene rings is 13. The maximum atomic E-state index is 6.57. The molecule has 0 amide bonds. The molecule has 0 fully saturated rings. The molecule has 13 aromatic carbocycles. The lowest BCUT2D eigenvalue weighted by molar-refractivity contribution is 0.961. The van der Waals surface area contributed by atoms with E-state index < -0.39 is 0 Å². The van der Waals surface area contributed by atoms with E-state index in [0.717, 1.165) is 132 Å². The summed E-state index contributed by atoms with van der Waals surface area (Å²) in [5.74, 6) is 4.18. The molecule has 0 aliphatic rings. The molecule has 0 N–H and O–H groups in total. The van der Waals surface area contributed by atoms with Crippen LogP contribution in [0.15, 0.2) is 334 Å². The van der Waals surface area contributed by atoms with E-state index in [1.54, 1.807) is 0 Å². The highest BCUT2D eigenvalue weighted by Crippen LogP contribution is 2.52. The van der Waals surface area contributed by atoms with E-state index >= 15 is 0 Å². The first-order valence-corrected chi connectivity index (χ1v) is 33.6. The number of aromatic nitrogens is 11. The van der Waals surface area contributed by atoms with Gasteiger partial charge in [0.1, 0.15) is 11.4 Å². The first kappa shape index (κ1) is 56.6. The van der Waals surface area contributed by atoms with Crippen molar-refractivity contribution in [1.29, 1.82) is 0 Å². The van der Waals surface area contributed by atoms with Crippen LogP contribution in [0.4, 0.5) is 0 Å². The van der Waals surface area contributed by atoms with Crippen LogP contribution in [0.5, 0.6) is 0 Å². The van der Waals surface area contributed by atoms with Gasteiger partial charge in [0, 0.05) is 82.0 Å². The van der Waals surface area contributed by atoms with Gasteiger partial charge in [0.25, 0.3) is 0 Å². The van der Waals surface area contributed by atoms with E-state index in [1.807, 2.05) is 72.8 Å². The van der Waals surface area contributed by atoms with Gasteiger partial charge < -0.3 is 9.13 Å². The van der Waals surface area contributed by atoms with Crippen molar-refractivity contribution in [2.24, 2.45) is 0 Å². The topological polar surface area (TPSA) is 110 Å². The fraction of sp³-hybridized carbons (Fsp3) is 0. The fourth-order valence-corrected chi connectivity index (χ4v) is 15.2. The Hall–Kier alpha value is -13.8. The highest BCUT2D eigenvalue weighted by Gasteiger charge is 2.35. The maximum Gasteiger partial charge on any atom is 0.165 e. The molecule has 20 rings (SSSR count). The van der Waals surface area contributed by atoms with Crippen molar-refractivity contribution in [2.45, 2.75) is 0 Å². The van der Waals surface area contributed by atoms with E-state index in [4.69, 9.17) is 34.9 Å². The van der Waals surface area contributed by atoms with Crippen LogP contribution in [0.3, 0.4) is 0 Å². The number of fused-ring (bicyclic) bond motifs is 12. The first-order chi connectivity index (χ1) is 49.7. The summed E-state index contributed by atoms with van der Waals surface area (Å²) < 4.78 is 9.74. The Morgan fingerprint density at radius 1 is 0.160 bits per heavy atom. The predicted octanol–water partition coefficient (Wildman–Crippen LogP) is 21.5. The van der Waals surface area contributed by atoms with Gasteiger partial charge in [-0.1, -0.05) is 285 Å². The molecule has 0 aliphatic carbocycles. The number of hydrogen-bond acceptors (Lipinski definition) is 7. The molecule has 0 spiro atoms. The average Bonchev–Trinajstić information content (AvgIpc) is 0.986. The van der Waals surface area contributed by atoms with Gasteiger partial charge in [0.05, 0.1) is 44.1 Å². The molecule has 0 radical (unpaired) electrons. The Balaban J connectivity index is 1.08. The lowest BCUT2D eigenvalue weighted by atomic mass is 9.91. The Bertz CT molecular complexity index is 6070. The number of nitrogens with zero attached hydrogens (tertiary/aromatic N) is 11. The summed E-state index contributed by atoms with van der Waals surface area (Å²) in [6.07, 6.45) is 0. The lowest BCUT2D eigenvalue weighted by Crippen LogP contribution is -2.16. The van der Waals surface area contributed by atoms with Crippen LogP contribution in [-0.2, 0) is 0 Å². The van der Waals surface area contributed by atoms with Crippen molar-refractivity contribution >= 4 is 87.2 Å². The maximum absolute atomic E-state index is 6.57. The number of pyridine rings is 1. The van der Waals surface area contributed by atoms with E-state index in [1.165, 1.54) is 0 Å². The van der Waals surface area contributed by atoms with Gasteiger partial charge in [0.2, 0.25) is 0 Å². The average molecular weight is 1280 g/mol. The monoisotopic (exact) mass is 1280 g/mol. The summed E-state index contributed by atoms with van der Waals surface area (Å²) in [5.41, 5.74) is 15.7. The van der Waals surface area contributed by atoms with Crippen molar-refractivity contribution in [3.8, 4) is 102 Å². The van der Waals surface area contributed by atoms with Crippen molar-refractivity contribution < 1.29 is 0 Å². The van der Waals surface area contributed by atoms with Gasteiger partial charge >= 0.3 is 0 Å². The summed E-state index contributed by atoms with van der Waals surface area (Å²) in [4.78, 5) is 40.1. The minimum atomic E-state index is 0.399. The first-order valence-electron chi connectivity index (χ1n) is 33.6. The van der Waals surface area contributed by atoms with E-state index in [9.17, 15) is 0 Å². The smallest absolute Gasteiger partial charge is 0.165 e. The van der Waals surface area contributed by atoms with Gasteiger partial charge in [-0.05, 0) is 54.1 Å². The number of para-hydroxylation sites is 8. The zero-order chi connectivity index (χ0) is 65.8. The summed E-state index contributed by atoms with van der Waals surface area (Å²) in [6.45, 7) is 0. The molecule has 20 aromatic rings. The second-order valence-corrected chi connectivity index (χ2v) is 25.1. The third kappa shape index (κ3) is 8.89. The molecule has 466 valence electrons. The molecule has 0 bridgehead atoms. The van der Waals surface area contributed by atoms with Crippen molar-refractivity contribution in [3.05, 3.63) is 334 Å². The van der Waals surface area contributed by atoms with Crippen LogP contribution in [0.25, 0.3) is 190 Å². The van der Waals surface area contributed by atoms with Crippen LogP contribution >= 0.6 is 0 Å². The van der Waals surface area contributed by atoms with Crippen LogP contribution in [0, 0.1) is 0 Å². The number of rotatable bonds is 11. The van der Waals surface area contributed by atoms with Crippen molar-refractivity contribution in [1.82, 2.24) is 53.2 Å². The Labute approximate surface area is 573 Å². The van der Waals surface area contributed by atoms with Crippen LogP contribution in [0.1, 0.15) is 0 Å². The standard InChI is InChI=1S/C89H55N11/c1-5-30-56(31-6-1)82-90-83(57-32-7-2-8-33-57)93-86(92-82)69-47-29-46-68(78(69)87-94-84(58-34-9-3-10-35-58)91-85(95-87)59-36-11-4-12-37-59)79-80(97-70-48-21-13-38-60(70)61-39-14-22-49-71(61)97)88(99-74-52-25-17-42-64(74)65-43-18-26-53-75(65)99)96-89(100-76-54-27-19-44-66(76)67-45-20-28-55-77(67)100)81(79)98-72-50-23-15-40-62(72)63-41-16-24-51-73(63)98/h1-55H. The van der Waals surface area contributed by atoms with Gasteiger partial charge in [-0.2, -0.15) is 0 Å². The molecule has 100 heavy (non-hydrogen) atoms. The van der Waals surface area contributed by atoms with E-state index in [-0.39, 0.29) is 0 Å². The van der Waals surface area contributed by atoms with Gasteiger partial charge in [-0.25, -0.2) is 34.9 Å². The Kier molecular flexibility index (Phi) is 13.0. The van der Waals surface area contributed by atoms with E-state index in [2.05, 4.69) is 279 Å². The molecular formula is C89H55N11. The second kappa shape index (κ2) is 23.0. The highest BCUT2D eigenvalue weighted by molar-refractivity contribution is 6.16. The van der Waals surface area contributed by atoms with Crippen LogP contribution < -0.4 is 0 Å². The third-order valence-corrected chi connectivity index (χ3v) is 19.5. The molecule has 0 atom stereocenters.